The van der Waals surface area contributed by atoms with Gasteiger partial charge in [-0.15, -0.1) is 10.2 Å². The number of phenolic OH excluding ortho intramolecular Hbond substituents is 1. The monoisotopic (exact) mass is 755 g/mol. The second-order valence-electron chi connectivity index (χ2n) is 10.5. The zero-order valence-corrected chi connectivity index (χ0v) is 28.6. The van der Waals surface area contributed by atoms with Gasteiger partial charge >= 0.3 is 0 Å². The van der Waals surface area contributed by atoms with E-state index in [2.05, 4.69) is 30.7 Å². The molecule has 6 N–H and O–H groups in total. The average molecular weight is 756 g/mol. The molecule has 0 atom stereocenters. The summed E-state index contributed by atoms with van der Waals surface area (Å²) in [6, 6.07) is 17.1. The summed E-state index contributed by atoms with van der Waals surface area (Å²) in [6.45, 7) is 1.68. The highest BCUT2D eigenvalue weighted by Crippen LogP contribution is 2.43. The normalized spacial score (nSPS) is 12.8. The molecular formula is C30H25N7O11S3. The van der Waals surface area contributed by atoms with Crippen molar-refractivity contribution in [3.63, 3.8) is 0 Å². The number of hydrogen-bond acceptors (Lipinski definition) is 15. The van der Waals surface area contributed by atoms with Crippen LogP contribution in [-0.2, 0) is 30.4 Å². The number of nitrogens with zero attached hydrogens (tertiary/aromatic N) is 6. The molecule has 5 aromatic carbocycles. The first-order chi connectivity index (χ1) is 23.8. The standard InChI is InChI=1S/C30H25N7O11S3/c1-16-10-19(34-37-29-28(51(45,46)47)12-17-11-27(50(42,43)44)23(31)15-22(17)30(29)38)6-8-24(16)35-36-25-9-7-20(14-26(25)48-2)33-32-18-4-3-5-21(13-18)49(39,40)41/h3-15,38H,31H2,1-2H3,(H,39,40,41)(H,42,43,44)(H,45,46,47). The summed E-state index contributed by atoms with van der Waals surface area (Å²) in [5, 5.41) is 34.9. The third kappa shape index (κ3) is 8.37. The van der Waals surface area contributed by atoms with Crippen LogP contribution in [0.3, 0.4) is 0 Å². The van der Waals surface area contributed by atoms with Gasteiger partial charge in [0.05, 0.1) is 40.4 Å². The van der Waals surface area contributed by atoms with E-state index < -0.39 is 57.3 Å². The predicted octanol–water partition coefficient (Wildman–Crippen LogP) is 7.43. The molecule has 0 amide bonds. The van der Waals surface area contributed by atoms with Crippen LogP contribution in [0.1, 0.15) is 5.56 Å². The molecular weight excluding hydrogens is 731 g/mol. The molecule has 0 aliphatic carbocycles. The SMILES string of the molecule is COc1cc(N=Nc2cccc(S(=O)(=O)O)c2)ccc1N=Nc1ccc(N=Nc2c(S(=O)(=O)O)cc3cc(S(=O)(=O)O)c(N)cc3c2O)cc1C. The van der Waals surface area contributed by atoms with E-state index in [1.807, 2.05) is 0 Å². The quantitative estimate of drug-likeness (QED) is 0.0528. The van der Waals surface area contributed by atoms with Crippen molar-refractivity contribution >= 4 is 80.9 Å². The third-order valence-corrected chi connectivity index (χ3v) is 9.63. The Morgan fingerprint density at radius 1 is 0.627 bits per heavy atom. The van der Waals surface area contributed by atoms with Gasteiger partial charge in [-0.3, -0.25) is 13.7 Å². The summed E-state index contributed by atoms with van der Waals surface area (Å²) >= 11 is 0. The minimum Gasteiger partial charge on any atom is -0.505 e. The van der Waals surface area contributed by atoms with Gasteiger partial charge in [0.1, 0.15) is 26.9 Å². The summed E-state index contributed by atoms with van der Waals surface area (Å²) in [5.41, 5.74) is 6.60. The number of aryl methyl sites for hydroxylation is 1. The number of azo groups is 3. The van der Waals surface area contributed by atoms with Gasteiger partial charge in [0.25, 0.3) is 30.4 Å². The lowest BCUT2D eigenvalue weighted by Crippen LogP contribution is -2.04. The molecule has 0 aromatic heterocycles. The molecule has 0 spiro atoms. The Hall–Kier alpha value is -5.71. The van der Waals surface area contributed by atoms with Crippen LogP contribution in [0.25, 0.3) is 10.8 Å². The second kappa shape index (κ2) is 13.9. The maximum absolute atomic E-state index is 12.2. The fourth-order valence-corrected chi connectivity index (χ4v) is 6.38. The molecule has 0 saturated heterocycles. The first-order valence-corrected chi connectivity index (χ1v) is 18.3. The summed E-state index contributed by atoms with van der Waals surface area (Å²) in [5.74, 6) is -0.502. The summed E-state index contributed by atoms with van der Waals surface area (Å²) in [7, 11) is -12.8. The van der Waals surface area contributed by atoms with Crippen molar-refractivity contribution in [1.29, 1.82) is 0 Å². The molecule has 0 aliphatic rings. The Morgan fingerprint density at radius 2 is 1.20 bits per heavy atom. The molecule has 0 radical (unpaired) electrons. The highest BCUT2D eigenvalue weighted by Gasteiger charge is 2.24. The Bertz CT molecular complexity index is 2650. The first kappa shape index (κ1) is 36.6. The van der Waals surface area contributed by atoms with Crippen molar-refractivity contribution < 1.29 is 48.8 Å². The van der Waals surface area contributed by atoms with Crippen molar-refractivity contribution in [3.8, 4) is 11.5 Å². The van der Waals surface area contributed by atoms with Gasteiger partial charge in [-0.25, -0.2) is 0 Å². The number of benzene rings is 5. The van der Waals surface area contributed by atoms with Crippen LogP contribution < -0.4 is 10.5 Å². The predicted molar refractivity (Wildman–Crippen MR) is 183 cm³/mol. The number of anilines is 1. The van der Waals surface area contributed by atoms with Gasteiger partial charge in [0.2, 0.25) is 0 Å². The molecule has 0 bridgehead atoms. The molecule has 0 fully saturated rings. The van der Waals surface area contributed by atoms with E-state index in [-0.39, 0.29) is 32.8 Å². The topological polar surface area (TPSA) is 293 Å². The number of nitrogen functional groups attached to an aromatic ring is 1. The van der Waals surface area contributed by atoms with Crippen LogP contribution in [0.2, 0.25) is 0 Å². The van der Waals surface area contributed by atoms with Crippen LogP contribution in [0, 0.1) is 6.92 Å². The molecule has 5 rings (SSSR count). The van der Waals surface area contributed by atoms with Crippen LogP contribution in [-0.4, -0.2) is 51.1 Å². The van der Waals surface area contributed by atoms with E-state index in [1.165, 1.54) is 49.6 Å². The van der Waals surface area contributed by atoms with Gasteiger partial charge in [0.15, 0.2) is 5.75 Å². The number of nitrogens with two attached hydrogens (primary N) is 1. The smallest absolute Gasteiger partial charge is 0.296 e. The lowest BCUT2D eigenvalue weighted by Gasteiger charge is -2.11. The minimum atomic E-state index is -5.02. The van der Waals surface area contributed by atoms with Crippen molar-refractivity contribution in [1.82, 2.24) is 0 Å². The van der Waals surface area contributed by atoms with Gasteiger partial charge < -0.3 is 15.6 Å². The molecule has 0 saturated carbocycles. The number of methoxy groups -OCH3 is 1. The zero-order valence-electron chi connectivity index (χ0n) is 26.1. The van der Waals surface area contributed by atoms with Crippen molar-refractivity contribution in [2.45, 2.75) is 21.6 Å². The maximum atomic E-state index is 12.2. The Morgan fingerprint density at radius 3 is 1.80 bits per heavy atom. The highest BCUT2D eigenvalue weighted by molar-refractivity contribution is 7.86. The van der Waals surface area contributed by atoms with Crippen LogP contribution in [0.4, 0.5) is 39.8 Å². The van der Waals surface area contributed by atoms with E-state index >= 15 is 0 Å². The highest BCUT2D eigenvalue weighted by atomic mass is 32.2. The van der Waals surface area contributed by atoms with E-state index in [0.717, 1.165) is 24.3 Å². The fourth-order valence-electron chi connectivity index (χ4n) is 4.57. The number of phenols is 1. The zero-order chi connectivity index (χ0) is 37.3. The number of fused-ring (bicyclic) bond motifs is 1. The Balaban J connectivity index is 1.40. The van der Waals surface area contributed by atoms with Gasteiger partial charge in [-0.1, -0.05) is 6.07 Å². The van der Waals surface area contributed by atoms with Crippen LogP contribution in [0.15, 0.2) is 124 Å². The van der Waals surface area contributed by atoms with E-state index in [1.54, 1.807) is 19.1 Å². The lowest BCUT2D eigenvalue weighted by atomic mass is 10.1. The van der Waals surface area contributed by atoms with E-state index in [0.29, 0.717) is 22.6 Å². The molecule has 51 heavy (non-hydrogen) atoms. The molecule has 0 heterocycles. The van der Waals surface area contributed by atoms with E-state index in [4.69, 9.17) is 10.5 Å². The number of hydrogen-bond donors (Lipinski definition) is 5. The van der Waals surface area contributed by atoms with Crippen molar-refractivity contribution in [3.05, 3.63) is 84.4 Å². The number of aromatic hydroxyl groups is 1. The Labute approximate surface area is 289 Å². The molecule has 0 unspecified atom stereocenters. The maximum Gasteiger partial charge on any atom is 0.296 e. The van der Waals surface area contributed by atoms with Gasteiger partial charge in [-0.2, -0.15) is 45.7 Å². The Kier molecular flexibility index (Phi) is 9.96. The van der Waals surface area contributed by atoms with Crippen LogP contribution in [0.5, 0.6) is 11.5 Å². The van der Waals surface area contributed by atoms with E-state index in [9.17, 15) is 44.0 Å². The van der Waals surface area contributed by atoms with Crippen LogP contribution >= 0.6 is 0 Å². The summed E-state index contributed by atoms with van der Waals surface area (Å²) in [6.07, 6.45) is 0. The minimum absolute atomic E-state index is 0.134. The van der Waals surface area contributed by atoms with Crippen molar-refractivity contribution in [2.75, 3.05) is 12.8 Å². The molecule has 0 aliphatic heterocycles. The summed E-state index contributed by atoms with van der Waals surface area (Å²) in [4.78, 5) is -1.96. The molecule has 18 nitrogen and oxygen atoms in total. The number of ether oxygens (including phenoxy) is 1. The van der Waals surface area contributed by atoms with Crippen molar-refractivity contribution in [2.24, 2.45) is 30.7 Å². The molecule has 21 heteroatoms. The largest absolute Gasteiger partial charge is 0.505 e. The third-order valence-electron chi connectivity index (χ3n) is 7.01. The molecule has 5 aromatic rings. The van der Waals surface area contributed by atoms with Gasteiger partial charge in [-0.05, 0) is 84.6 Å². The number of rotatable bonds is 10. The molecule has 264 valence electrons. The lowest BCUT2D eigenvalue weighted by molar-refractivity contribution is 0.416. The van der Waals surface area contributed by atoms with Gasteiger partial charge in [0, 0.05) is 11.5 Å². The first-order valence-electron chi connectivity index (χ1n) is 14.0. The second-order valence-corrected chi connectivity index (χ2v) is 14.7. The fraction of sp³-hybridized carbons (Fsp3) is 0.0667. The average Bonchev–Trinajstić information content (AvgIpc) is 3.05. The summed E-state index contributed by atoms with van der Waals surface area (Å²) < 4.78 is 104.